The van der Waals surface area contributed by atoms with Gasteiger partial charge in [-0.1, -0.05) is 34.1 Å². The summed E-state index contributed by atoms with van der Waals surface area (Å²) in [6.07, 6.45) is 9.18. The first kappa shape index (κ1) is 13.9. The fourth-order valence-electron chi connectivity index (χ4n) is 6.06. The van der Waals surface area contributed by atoms with E-state index in [0.29, 0.717) is 16.7 Å². The lowest BCUT2D eigenvalue weighted by atomic mass is 9.60. The second-order valence-corrected chi connectivity index (χ2v) is 8.53. The average Bonchev–Trinajstić information content (AvgIpc) is 2.71. The molecule has 3 aliphatic rings. The van der Waals surface area contributed by atoms with Crippen molar-refractivity contribution in [2.75, 3.05) is 0 Å². The Bertz CT molecular complexity index is 348. The molecule has 0 aromatic heterocycles. The Morgan fingerprint density at radius 2 is 1.79 bits per heavy atom. The molecule has 3 saturated carbocycles. The maximum Gasteiger partial charge on any atom is 0.0571 e. The van der Waals surface area contributed by atoms with Crippen LogP contribution in [0.2, 0.25) is 0 Å². The molecule has 0 aromatic carbocycles. The minimum Gasteiger partial charge on any atom is -0.393 e. The summed E-state index contributed by atoms with van der Waals surface area (Å²) in [5.74, 6) is 3.21. The minimum atomic E-state index is -0.0189. The number of fused-ring (bicyclic) bond motifs is 2. The maximum absolute atomic E-state index is 10.4. The van der Waals surface area contributed by atoms with Crippen LogP contribution in [-0.4, -0.2) is 11.2 Å². The monoisotopic (exact) mass is 264 g/mol. The standard InChI is InChI=1S/C18H32O/c1-5-12-6-7-13(10-16(12)19)15-11-14-8-9-18(15,4)17(14,2)3/h12-16,19H,5-11H2,1-4H3/t12?,13?,14-,15+,16?,18+/m1/s1. The Balaban J connectivity index is 1.75. The highest BCUT2D eigenvalue weighted by Crippen LogP contribution is 2.70. The van der Waals surface area contributed by atoms with E-state index in [1.807, 2.05) is 0 Å². The Morgan fingerprint density at radius 3 is 2.26 bits per heavy atom. The van der Waals surface area contributed by atoms with Gasteiger partial charge in [0.25, 0.3) is 0 Å². The van der Waals surface area contributed by atoms with Gasteiger partial charge >= 0.3 is 0 Å². The predicted molar refractivity (Wildman–Crippen MR) is 79.8 cm³/mol. The van der Waals surface area contributed by atoms with Crippen LogP contribution >= 0.6 is 0 Å². The number of aliphatic hydroxyl groups is 1. The van der Waals surface area contributed by atoms with Gasteiger partial charge < -0.3 is 5.11 Å². The van der Waals surface area contributed by atoms with Crippen molar-refractivity contribution in [3.63, 3.8) is 0 Å². The molecule has 1 nitrogen and oxygen atoms in total. The van der Waals surface area contributed by atoms with E-state index >= 15 is 0 Å². The Hall–Kier alpha value is -0.0400. The van der Waals surface area contributed by atoms with Crippen LogP contribution in [0.25, 0.3) is 0 Å². The van der Waals surface area contributed by atoms with Crippen molar-refractivity contribution in [1.29, 1.82) is 0 Å². The smallest absolute Gasteiger partial charge is 0.0571 e. The average molecular weight is 264 g/mol. The van der Waals surface area contributed by atoms with Crippen LogP contribution in [0.4, 0.5) is 0 Å². The molecule has 0 aliphatic heterocycles. The van der Waals surface area contributed by atoms with Gasteiger partial charge in [-0.2, -0.15) is 0 Å². The zero-order valence-corrected chi connectivity index (χ0v) is 13.3. The van der Waals surface area contributed by atoms with Crippen molar-refractivity contribution in [2.45, 2.75) is 78.7 Å². The SMILES string of the molecule is CCC1CCC([C@@H]2C[C@H]3CC[C@]2(C)C3(C)C)CC1O. The molecule has 0 heterocycles. The van der Waals surface area contributed by atoms with E-state index in [1.165, 1.54) is 32.1 Å². The summed E-state index contributed by atoms with van der Waals surface area (Å²) in [4.78, 5) is 0. The molecule has 0 amide bonds. The predicted octanol–water partition coefficient (Wildman–Crippen LogP) is 4.64. The van der Waals surface area contributed by atoms with Crippen LogP contribution in [-0.2, 0) is 0 Å². The number of aliphatic hydroxyl groups excluding tert-OH is 1. The van der Waals surface area contributed by atoms with Gasteiger partial charge in [0.15, 0.2) is 0 Å². The van der Waals surface area contributed by atoms with Gasteiger partial charge in [-0.15, -0.1) is 0 Å². The van der Waals surface area contributed by atoms with Crippen LogP contribution in [0.1, 0.15) is 72.6 Å². The van der Waals surface area contributed by atoms with Crippen LogP contribution in [0.3, 0.4) is 0 Å². The first-order chi connectivity index (χ1) is 8.90. The minimum absolute atomic E-state index is 0.0189. The van der Waals surface area contributed by atoms with Crippen molar-refractivity contribution >= 4 is 0 Å². The summed E-state index contributed by atoms with van der Waals surface area (Å²) < 4.78 is 0. The highest BCUT2D eigenvalue weighted by atomic mass is 16.3. The normalized spacial score (nSPS) is 52.6. The largest absolute Gasteiger partial charge is 0.393 e. The zero-order valence-electron chi connectivity index (χ0n) is 13.3. The van der Waals surface area contributed by atoms with Gasteiger partial charge in [-0.25, -0.2) is 0 Å². The first-order valence-electron chi connectivity index (χ1n) is 8.58. The molecule has 1 heteroatoms. The van der Waals surface area contributed by atoms with Crippen LogP contribution in [0.15, 0.2) is 0 Å². The quantitative estimate of drug-likeness (QED) is 0.770. The van der Waals surface area contributed by atoms with E-state index in [4.69, 9.17) is 0 Å². The lowest BCUT2D eigenvalue weighted by Gasteiger charge is -2.45. The molecule has 3 fully saturated rings. The molecule has 19 heavy (non-hydrogen) atoms. The summed E-state index contributed by atoms with van der Waals surface area (Å²) in [6.45, 7) is 9.82. The van der Waals surface area contributed by atoms with Crippen LogP contribution in [0, 0.1) is 34.5 Å². The summed E-state index contributed by atoms with van der Waals surface area (Å²) in [5, 5.41) is 10.4. The Kier molecular flexibility index (Phi) is 3.28. The fourth-order valence-corrected chi connectivity index (χ4v) is 6.06. The maximum atomic E-state index is 10.4. The van der Waals surface area contributed by atoms with Crippen LogP contribution < -0.4 is 0 Å². The molecule has 0 aromatic rings. The second-order valence-electron chi connectivity index (χ2n) is 8.53. The number of hydrogen-bond donors (Lipinski definition) is 1. The van der Waals surface area contributed by atoms with Gasteiger partial charge in [-0.3, -0.25) is 0 Å². The van der Waals surface area contributed by atoms with E-state index in [9.17, 15) is 5.11 Å². The third kappa shape index (κ3) is 1.83. The van der Waals surface area contributed by atoms with Crippen molar-refractivity contribution < 1.29 is 5.11 Å². The molecule has 6 atom stereocenters. The molecular formula is C18H32O. The zero-order chi connectivity index (χ0) is 13.8. The summed E-state index contributed by atoms with van der Waals surface area (Å²) in [6, 6.07) is 0. The van der Waals surface area contributed by atoms with E-state index in [1.54, 1.807) is 0 Å². The molecular weight excluding hydrogens is 232 g/mol. The van der Waals surface area contributed by atoms with E-state index < -0.39 is 0 Å². The van der Waals surface area contributed by atoms with Gasteiger partial charge in [-0.05, 0) is 73.0 Å². The molecule has 0 spiro atoms. The van der Waals surface area contributed by atoms with E-state index in [-0.39, 0.29) is 6.10 Å². The van der Waals surface area contributed by atoms with Crippen molar-refractivity contribution in [2.24, 2.45) is 34.5 Å². The van der Waals surface area contributed by atoms with Crippen molar-refractivity contribution in [1.82, 2.24) is 0 Å². The van der Waals surface area contributed by atoms with E-state index in [2.05, 4.69) is 27.7 Å². The fraction of sp³-hybridized carbons (Fsp3) is 1.00. The summed E-state index contributed by atoms with van der Waals surface area (Å²) >= 11 is 0. The first-order valence-corrected chi connectivity index (χ1v) is 8.58. The summed E-state index contributed by atoms with van der Waals surface area (Å²) in [5.41, 5.74) is 1.07. The molecule has 3 rings (SSSR count). The van der Waals surface area contributed by atoms with Crippen molar-refractivity contribution in [3.8, 4) is 0 Å². The van der Waals surface area contributed by atoms with Crippen LogP contribution in [0.5, 0.6) is 0 Å². The number of hydrogen-bond acceptors (Lipinski definition) is 1. The number of rotatable bonds is 2. The van der Waals surface area contributed by atoms with E-state index in [0.717, 1.165) is 30.6 Å². The second kappa shape index (κ2) is 4.48. The molecule has 3 unspecified atom stereocenters. The molecule has 2 bridgehead atoms. The Morgan fingerprint density at radius 1 is 1.05 bits per heavy atom. The Labute approximate surface area is 119 Å². The molecule has 0 saturated heterocycles. The van der Waals surface area contributed by atoms with Gasteiger partial charge in [0, 0.05) is 0 Å². The highest BCUT2D eigenvalue weighted by Gasteiger charge is 2.62. The summed E-state index contributed by atoms with van der Waals surface area (Å²) in [7, 11) is 0. The highest BCUT2D eigenvalue weighted by molar-refractivity contribution is 5.11. The molecule has 110 valence electrons. The molecule has 1 N–H and O–H groups in total. The van der Waals surface area contributed by atoms with Gasteiger partial charge in [0.1, 0.15) is 0 Å². The van der Waals surface area contributed by atoms with Gasteiger partial charge in [0.05, 0.1) is 6.10 Å². The third-order valence-corrected chi connectivity index (χ3v) is 7.95. The molecule has 0 radical (unpaired) electrons. The lowest BCUT2D eigenvalue weighted by molar-refractivity contribution is -0.0108. The van der Waals surface area contributed by atoms with Crippen molar-refractivity contribution in [3.05, 3.63) is 0 Å². The lowest BCUT2D eigenvalue weighted by Crippen LogP contribution is -2.40. The third-order valence-electron chi connectivity index (χ3n) is 7.95. The molecule has 3 aliphatic carbocycles. The topological polar surface area (TPSA) is 20.2 Å². The van der Waals surface area contributed by atoms with Gasteiger partial charge in [0.2, 0.25) is 0 Å².